The Morgan fingerprint density at radius 1 is 1.28 bits per heavy atom. The van der Waals surface area contributed by atoms with Crippen molar-refractivity contribution in [2.24, 2.45) is 17.8 Å². The highest BCUT2D eigenvalue weighted by molar-refractivity contribution is 5.69. The van der Waals surface area contributed by atoms with Crippen LogP contribution in [0.25, 0.3) is 0 Å². The van der Waals surface area contributed by atoms with Gasteiger partial charge in [0.25, 0.3) is 0 Å². The fourth-order valence-electron chi connectivity index (χ4n) is 5.06. The molecule has 0 spiro atoms. The second-order valence-corrected chi connectivity index (χ2v) is 10.1. The maximum atomic E-state index is 12.9. The number of hydrogen-bond donors (Lipinski definition) is 2. The Morgan fingerprint density at radius 3 is 2.78 bits per heavy atom. The molecule has 1 aliphatic heterocycles. The van der Waals surface area contributed by atoms with Crippen LogP contribution in [0.1, 0.15) is 57.9 Å². The predicted molar refractivity (Wildman–Crippen MR) is 127 cm³/mol. The first-order valence-corrected chi connectivity index (χ1v) is 12.7. The molecule has 0 bridgehead atoms. The molecule has 202 valence electrons. The number of halogens is 3. The second kappa shape index (κ2) is 12.9. The molecule has 0 radical (unpaired) electrons. The first kappa shape index (κ1) is 28.5. The van der Waals surface area contributed by atoms with Crippen molar-refractivity contribution in [2.45, 2.75) is 83.0 Å². The predicted octanol–water partition coefficient (Wildman–Crippen LogP) is 4.92. The molecular weight excluding hydrogens is 477 g/mol. The Bertz CT molecular complexity index is 871. The minimum absolute atomic E-state index is 0.0268. The number of benzene rings is 1. The molecule has 1 aromatic carbocycles. The quantitative estimate of drug-likeness (QED) is 0.341. The van der Waals surface area contributed by atoms with Gasteiger partial charge in [-0.05, 0) is 69.6 Å². The fourth-order valence-corrected chi connectivity index (χ4v) is 5.06. The molecule has 1 saturated heterocycles. The number of carbonyl (C=O) groups is 1. The van der Waals surface area contributed by atoms with Gasteiger partial charge in [0.2, 0.25) is 0 Å². The highest BCUT2D eigenvalue weighted by atomic mass is 19.4. The second-order valence-electron chi connectivity index (χ2n) is 10.1. The number of hydrogen-bond acceptors (Lipinski definition) is 6. The number of alkyl halides is 3. The van der Waals surface area contributed by atoms with Crippen LogP contribution in [-0.4, -0.2) is 53.8 Å². The van der Waals surface area contributed by atoms with Gasteiger partial charge in [0.05, 0.1) is 23.9 Å². The molecule has 0 amide bonds. The molecule has 3 rings (SSSR count). The minimum atomic E-state index is -4.47. The van der Waals surface area contributed by atoms with Crippen LogP contribution >= 0.6 is 0 Å². The molecular formula is C27H37F3O6. The van der Waals surface area contributed by atoms with Crippen molar-refractivity contribution >= 4 is 5.97 Å². The molecule has 1 heterocycles. The maximum absolute atomic E-state index is 12.9. The molecule has 1 aromatic rings. The van der Waals surface area contributed by atoms with Crippen LogP contribution in [0.4, 0.5) is 13.2 Å². The van der Waals surface area contributed by atoms with Crippen LogP contribution in [-0.2, 0) is 20.4 Å². The molecule has 0 unspecified atom stereocenters. The molecule has 36 heavy (non-hydrogen) atoms. The van der Waals surface area contributed by atoms with Gasteiger partial charge in [0.15, 0.2) is 0 Å². The Kier molecular flexibility index (Phi) is 10.2. The third kappa shape index (κ3) is 8.49. The van der Waals surface area contributed by atoms with Gasteiger partial charge in [-0.25, -0.2) is 0 Å². The van der Waals surface area contributed by atoms with Crippen LogP contribution < -0.4 is 4.74 Å². The molecule has 0 aromatic heterocycles. The van der Waals surface area contributed by atoms with Crippen molar-refractivity contribution in [3.8, 4) is 5.75 Å². The zero-order chi connectivity index (χ0) is 26.3. The summed E-state index contributed by atoms with van der Waals surface area (Å²) in [6.07, 6.45) is 1.39. The number of esters is 1. The van der Waals surface area contributed by atoms with Crippen LogP contribution in [0.3, 0.4) is 0 Å². The number of carbonyl (C=O) groups excluding carboxylic acids is 1. The summed E-state index contributed by atoms with van der Waals surface area (Å²) in [5.74, 6) is 0.122. The average molecular weight is 515 g/mol. The third-order valence-corrected chi connectivity index (χ3v) is 6.84. The monoisotopic (exact) mass is 514 g/mol. The van der Waals surface area contributed by atoms with Gasteiger partial charge in [-0.3, -0.25) is 4.79 Å². The average Bonchev–Trinajstić information content (AvgIpc) is 2.96. The lowest BCUT2D eigenvalue weighted by molar-refractivity contribution is -0.147. The Morgan fingerprint density at radius 2 is 2.06 bits per heavy atom. The maximum Gasteiger partial charge on any atom is 0.416 e. The lowest BCUT2D eigenvalue weighted by Crippen LogP contribution is -2.22. The van der Waals surface area contributed by atoms with Gasteiger partial charge in [0.1, 0.15) is 18.5 Å². The molecule has 2 aliphatic rings. The van der Waals surface area contributed by atoms with Crippen molar-refractivity contribution in [3.63, 3.8) is 0 Å². The van der Waals surface area contributed by atoms with Gasteiger partial charge >= 0.3 is 12.1 Å². The molecule has 1 aliphatic carbocycles. The largest absolute Gasteiger partial charge is 0.491 e. The number of rotatable bonds is 10. The number of fused-ring (bicyclic) bond motifs is 1. The Balaban J connectivity index is 1.47. The van der Waals surface area contributed by atoms with Crippen LogP contribution in [0.15, 0.2) is 36.4 Å². The van der Waals surface area contributed by atoms with E-state index in [1.54, 1.807) is 6.08 Å². The molecule has 1 saturated carbocycles. The van der Waals surface area contributed by atoms with Gasteiger partial charge in [-0.15, -0.1) is 0 Å². The van der Waals surface area contributed by atoms with E-state index in [1.807, 2.05) is 13.8 Å². The summed E-state index contributed by atoms with van der Waals surface area (Å²) in [5.41, 5.74) is -0.813. The number of aliphatic hydroxyl groups excluding tert-OH is 2. The molecule has 2 fully saturated rings. The summed E-state index contributed by atoms with van der Waals surface area (Å²) in [5, 5.41) is 20.9. The highest BCUT2D eigenvalue weighted by Crippen LogP contribution is 2.42. The molecule has 9 heteroatoms. The van der Waals surface area contributed by atoms with E-state index in [4.69, 9.17) is 14.2 Å². The van der Waals surface area contributed by atoms with Crippen molar-refractivity contribution in [2.75, 3.05) is 13.2 Å². The first-order valence-electron chi connectivity index (χ1n) is 12.7. The zero-order valence-corrected chi connectivity index (χ0v) is 20.8. The van der Waals surface area contributed by atoms with Gasteiger partial charge in [0, 0.05) is 25.4 Å². The fraction of sp³-hybridized carbons (Fsp3) is 0.667. The summed E-state index contributed by atoms with van der Waals surface area (Å²) >= 11 is 0. The summed E-state index contributed by atoms with van der Waals surface area (Å²) in [6, 6.07) is 4.52. The smallest absolute Gasteiger partial charge is 0.416 e. The van der Waals surface area contributed by atoms with Gasteiger partial charge in [-0.1, -0.05) is 18.2 Å². The number of ether oxygens (including phenoxy) is 3. The van der Waals surface area contributed by atoms with Crippen LogP contribution in [0.2, 0.25) is 0 Å². The molecule has 6 atom stereocenters. The van der Waals surface area contributed by atoms with Crippen molar-refractivity contribution in [1.82, 2.24) is 0 Å². The third-order valence-electron chi connectivity index (χ3n) is 6.84. The standard InChI is InChI=1S/C27H37F3O6/c1-17(2)36-26(33)8-3-5-18-9-11-23-22(24(32)14-25(23)35-15-18)12-10-20(31)16-34-21-7-4-6-19(13-21)27(28,29)30/h4,6-7,10,12-13,17-18,20,22-25,31-32H,3,5,8-9,11,14-16H2,1-2H3/t18-,20+,22+,23+,24+,25-/m0/s1. The van der Waals surface area contributed by atoms with Crippen molar-refractivity contribution in [3.05, 3.63) is 42.0 Å². The normalized spacial score (nSPS) is 27.6. The Labute approximate surface area is 210 Å². The lowest BCUT2D eigenvalue weighted by Gasteiger charge is -2.21. The van der Waals surface area contributed by atoms with Gasteiger partial charge in [-0.2, -0.15) is 13.2 Å². The lowest BCUT2D eigenvalue weighted by atomic mass is 9.86. The van der Waals surface area contributed by atoms with E-state index in [0.717, 1.165) is 37.8 Å². The van der Waals surface area contributed by atoms with Crippen molar-refractivity contribution < 1.29 is 42.4 Å². The van der Waals surface area contributed by atoms with E-state index in [0.29, 0.717) is 25.4 Å². The topological polar surface area (TPSA) is 85.2 Å². The van der Waals surface area contributed by atoms with Crippen molar-refractivity contribution in [1.29, 1.82) is 0 Å². The SMILES string of the molecule is CC(C)OC(=O)CCC[C@H]1CC[C@@H]2[C@@H](C=C[C@@H](O)COc3cccc(C(F)(F)F)c3)[C@H](O)C[C@@H]2OC1. The molecule has 2 N–H and O–H groups in total. The summed E-state index contributed by atoms with van der Waals surface area (Å²) in [7, 11) is 0. The summed E-state index contributed by atoms with van der Waals surface area (Å²) < 4.78 is 55.2. The number of aliphatic hydroxyl groups is 2. The van der Waals surface area contributed by atoms with E-state index in [1.165, 1.54) is 18.2 Å². The van der Waals surface area contributed by atoms with E-state index in [-0.39, 0.29) is 42.4 Å². The van der Waals surface area contributed by atoms with Gasteiger partial charge < -0.3 is 24.4 Å². The van der Waals surface area contributed by atoms with E-state index < -0.39 is 23.9 Å². The first-order chi connectivity index (χ1) is 17.0. The van der Waals surface area contributed by atoms with Crippen LogP contribution in [0, 0.1) is 17.8 Å². The van der Waals surface area contributed by atoms with E-state index in [2.05, 4.69) is 0 Å². The minimum Gasteiger partial charge on any atom is -0.491 e. The summed E-state index contributed by atoms with van der Waals surface area (Å²) in [4.78, 5) is 11.7. The van der Waals surface area contributed by atoms with E-state index >= 15 is 0 Å². The molecule has 6 nitrogen and oxygen atoms in total. The summed E-state index contributed by atoms with van der Waals surface area (Å²) in [6.45, 7) is 4.05. The van der Waals surface area contributed by atoms with E-state index in [9.17, 15) is 28.2 Å². The Hall–Kier alpha value is -2.10. The highest BCUT2D eigenvalue weighted by Gasteiger charge is 2.43. The van der Waals surface area contributed by atoms with Crippen LogP contribution in [0.5, 0.6) is 5.75 Å². The zero-order valence-electron chi connectivity index (χ0n) is 20.8.